The summed E-state index contributed by atoms with van der Waals surface area (Å²) >= 11 is 0. The second-order valence-corrected chi connectivity index (χ2v) is 61.8. The van der Waals surface area contributed by atoms with Gasteiger partial charge in [0.1, 0.15) is 13.2 Å². The third kappa shape index (κ3) is 53.5. The van der Waals surface area contributed by atoms with Gasteiger partial charge in [0.25, 0.3) is 0 Å². The second kappa shape index (κ2) is 62.6. The Hall–Kier alpha value is -0.512. The SMILES string of the molecule is CCCCCCCCCCCCC(CN(CCCC(=O)OCCN1CC(C)N(CCOC(=O)CCCN(CC(CCCCCCCCCCCC)O[Si](C)(C)C(C)(C)C)CC(CCCCCCCCCCCC)O[Si](C)(C)C(C)(C)C)CC1C)CC(CCCCCCCCCCCC)O[Si](C)(C)C(C)(C)C)O[Si](C)(C)C(C)(C)C. The third-order valence-corrected chi connectivity index (χ3v) is 45.8. The predicted molar refractivity (Wildman–Crippen MR) is 509 cm³/mol. The number of unbranched alkanes of at least 4 members (excludes halogenated alkanes) is 36. The fourth-order valence-corrected chi connectivity index (χ4v) is 21.2. The zero-order chi connectivity index (χ0) is 85.6. The molecule has 0 radical (unpaired) electrons. The van der Waals surface area contributed by atoms with E-state index in [0.717, 1.165) is 90.9 Å². The first-order valence-corrected chi connectivity index (χ1v) is 61.2. The predicted octanol–water partition coefficient (Wildman–Crippen LogP) is 29.4. The molecule has 1 aliphatic heterocycles. The lowest BCUT2D eigenvalue weighted by Crippen LogP contribution is -2.57. The molecule has 12 nitrogen and oxygen atoms in total. The summed E-state index contributed by atoms with van der Waals surface area (Å²) in [6, 6.07) is 0.561. The van der Waals surface area contributed by atoms with Crippen molar-refractivity contribution in [2.45, 2.75) is 542 Å². The van der Waals surface area contributed by atoms with Gasteiger partial charge in [-0.05, 0) is 138 Å². The van der Waals surface area contributed by atoms with E-state index in [9.17, 15) is 9.59 Å². The Kier molecular flexibility index (Phi) is 61.2. The van der Waals surface area contributed by atoms with Crippen LogP contribution in [-0.4, -0.2) is 180 Å². The Morgan fingerprint density at radius 2 is 0.491 bits per heavy atom. The molecule has 0 aromatic heterocycles. The minimum Gasteiger partial charge on any atom is -0.464 e. The summed E-state index contributed by atoms with van der Waals surface area (Å²) in [4.78, 5) is 38.0. The highest BCUT2D eigenvalue weighted by Crippen LogP contribution is 2.42. The summed E-state index contributed by atoms with van der Waals surface area (Å²) < 4.78 is 42.1. The molecule has 1 aliphatic rings. The van der Waals surface area contributed by atoms with Gasteiger partial charge in [-0.2, -0.15) is 0 Å². The maximum Gasteiger partial charge on any atom is 0.305 e. The van der Waals surface area contributed by atoms with Crippen LogP contribution in [0.2, 0.25) is 72.5 Å². The van der Waals surface area contributed by atoms with Crippen LogP contribution in [0.25, 0.3) is 0 Å². The van der Waals surface area contributed by atoms with Crippen LogP contribution in [0.1, 0.15) is 433 Å². The number of hydrogen-bond donors (Lipinski definition) is 0. The molecule has 1 saturated heterocycles. The summed E-state index contributed by atoms with van der Waals surface area (Å²) in [7, 11) is -8.35. The summed E-state index contributed by atoms with van der Waals surface area (Å²) in [6.45, 7) is 71.0. The zero-order valence-corrected chi connectivity index (χ0v) is 85.9. The van der Waals surface area contributed by atoms with E-state index in [0.29, 0.717) is 39.1 Å². The first-order valence-electron chi connectivity index (χ1n) is 49.6. The highest BCUT2D eigenvalue weighted by atomic mass is 28.4. The van der Waals surface area contributed by atoms with E-state index in [1.807, 2.05) is 0 Å². The third-order valence-electron chi connectivity index (χ3n) is 27.7. The number of carbonyl (C=O) groups excluding carboxylic acids is 2. The average molecular weight is 1680 g/mol. The van der Waals surface area contributed by atoms with Crippen LogP contribution in [0, 0.1) is 0 Å². The van der Waals surface area contributed by atoms with Crippen molar-refractivity contribution in [3.63, 3.8) is 0 Å². The average Bonchev–Trinajstić information content (AvgIpc) is 0.808. The first-order chi connectivity index (χ1) is 53.6. The van der Waals surface area contributed by atoms with Crippen molar-refractivity contribution in [1.82, 2.24) is 19.6 Å². The van der Waals surface area contributed by atoms with E-state index in [2.05, 4.69) is 197 Å². The Balaban J connectivity index is 3.26. The van der Waals surface area contributed by atoms with Crippen LogP contribution in [0.3, 0.4) is 0 Å². The van der Waals surface area contributed by atoms with E-state index in [1.54, 1.807) is 0 Å². The quantitative estimate of drug-likeness (QED) is 0.0329. The lowest BCUT2D eigenvalue weighted by atomic mass is 10.0. The lowest BCUT2D eigenvalue weighted by Gasteiger charge is -2.44. The molecule has 0 spiro atoms. The Labute approximate surface area is 717 Å². The van der Waals surface area contributed by atoms with Crippen LogP contribution in [0.4, 0.5) is 0 Å². The molecule has 680 valence electrons. The number of hydrogen-bond acceptors (Lipinski definition) is 12. The van der Waals surface area contributed by atoms with Gasteiger partial charge >= 0.3 is 11.9 Å². The zero-order valence-electron chi connectivity index (χ0n) is 81.9. The van der Waals surface area contributed by atoms with Crippen molar-refractivity contribution in [3.8, 4) is 0 Å². The highest BCUT2D eigenvalue weighted by Gasteiger charge is 2.44. The molecule has 0 aromatic carbocycles. The minimum atomic E-state index is -2.09. The lowest BCUT2D eigenvalue weighted by molar-refractivity contribution is -0.146. The molecular weight excluding hydrogens is 1470 g/mol. The molecule has 0 aliphatic carbocycles. The molecule has 0 saturated carbocycles. The van der Waals surface area contributed by atoms with Crippen molar-refractivity contribution >= 4 is 45.2 Å². The largest absolute Gasteiger partial charge is 0.464 e. The van der Waals surface area contributed by atoms with Crippen molar-refractivity contribution in [3.05, 3.63) is 0 Å². The van der Waals surface area contributed by atoms with Crippen LogP contribution >= 0.6 is 0 Å². The van der Waals surface area contributed by atoms with Gasteiger partial charge in [-0.25, -0.2) is 0 Å². The number of esters is 2. The Morgan fingerprint density at radius 3 is 0.675 bits per heavy atom. The van der Waals surface area contributed by atoms with Gasteiger partial charge in [0.05, 0.1) is 24.4 Å². The topological polar surface area (TPSA) is 102 Å². The molecule has 16 heteroatoms. The van der Waals surface area contributed by atoms with Crippen molar-refractivity contribution in [1.29, 1.82) is 0 Å². The van der Waals surface area contributed by atoms with Gasteiger partial charge in [-0.1, -0.05) is 368 Å². The summed E-state index contributed by atoms with van der Waals surface area (Å²) in [5.74, 6) is -0.192. The molecule has 0 aromatic rings. The maximum atomic E-state index is 13.9. The number of piperazine rings is 1. The molecule has 6 unspecified atom stereocenters. The molecule has 1 rings (SSSR count). The van der Waals surface area contributed by atoms with Crippen LogP contribution in [0.5, 0.6) is 0 Å². The van der Waals surface area contributed by atoms with E-state index in [1.165, 1.54) is 257 Å². The molecule has 1 fully saturated rings. The second-order valence-electron chi connectivity index (χ2n) is 42.7. The van der Waals surface area contributed by atoms with Crippen LogP contribution in [-0.2, 0) is 36.8 Å². The van der Waals surface area contributed by atoms with Crippen LogP contribution in [0.15, 0.2) is 0 Å². The van der Waals surface area contributed by atoms with Gasteiger partial charge in [0, 0.05) is 77.3 Å². The molecule has 114 heavy (non-hydrogen) atoms. The van der Waals surface area contributed by atoms with Crippen molar-refractivity contribution in [2.75, 3.05) is 78.7 Å². The fraction of sp³-hybridized carbons (Fsp3) is 0.980. The number of rotatable bonds is 74. The van der Waals surface area contributed by atoms with E-state index >= 15 is 0 Å². The van der Waals surface area contributed by atoms with Crippen molar-refractivity contribution in [2.24, 2.45) is 0 Å². The number of ether oxygens (including phenoxy) is 2. The normalized spacial score (nSPS) is 16.7. The maximum absolute atomic E-state index is 13.9. The van der Waals surface area contributed by atoms with Crippen molar-refractivity contribution < 1.29 is 36.8 Å². The highest BCUT2D eigenvalue weighted by molar-refractivity contribution is 6.75. The summed E-state index contributed by atoms with van der Waals surface area (Å²) in [5, 5.41) is 0.456. The molecular formula is C98H204N4O8Si4. The van der Waals surface area contributed by atoms with E-state index in [-0.39, 0.29) is 68.6 Å². The van der Waals surface area contributed by atoms with Crippen LogP contribution < -0.4 is 0 Å². The minimum absolute atomic E-state index is 0.0958. The fourth-order valence-electron chi connectivity index (χ4n) is 15.7. The number of nitrogens with zero attached hydrogens (tertiary/aromatic N) is 4. The van der Waals surface area contributed by atoms with Gasteiger partial charge in [-0.3, -0.25) is 29.2 Å². The Bertz CT molecular complexity index is 2030. The molecule has 6 atom stereocenters. The summed E-state index contributed by atoms with van der Waals surface area (Å²) in [5.41, 5.74) is 0. The molecule has 1 heterocycles. The molecule has 0 N–H and O–H groups in total. The Morgan fingerprint density at radius 1 is 0.307 bits per heavy atom. The van der Waals surface area contributed by atoms with Gasteiger partial charge < -0.3 is 27.2 Å². The standard InChI is InChI=1S/C98H204N4O8Si4/c1-27-31-35-39-43-47-51-55-59-63-69-89(107-111(19,20)95(7,8)9)83-99(84-90(108-112(21,22)96(10,11)12)70-64-60-56-52-48-44-40-36-32-28-2)75-67-73-93(103)105-79-77-101-81-88(6)102(82-87(101)5)78-80-106-94(104)74-68-76-100(85-91(109-113(23,24)97(13,14)15)71-65-61-57-53-49-45-41-37-33-29-3)86-92(110-114(25,26)98(16,17)18)72-66-62-58-54-50-46-42-38-34-30-4/h87-92H,27-86H2,1-26H3. The van der Waals surface area contributed by atoms with Gasteiger partial charge in [0.2, 0.25) is 0 Å². The van der Waals surface area contributed by atoms with E-state index in [4.69, 9.17) is 27.2 Å². The molecule has 0 bridgehead atoms. The van der Waals surface area contributed by atoms with E-state index < -0.39 is 33.3 Å². The van der Waals surface area contributed by atoms with Gasteiger partial charge in [-0.15, -0.1) is 0 Å². The van der Waals surface area contributed by atoms with Gasteiger partial charge in [0.15, 0.2) is 33.3 Å². The first kappa shape index (κ1) is 111. The smallest absolute Gasteiger partial charge is 0.305 e. The number of carbonyl (C=O) groups is 2. The monoisotopic (exact) mass is 1680 g/mol. The summed E-state index contributed by atoms with van der Waals surface area (Å²) in [6.07, 6.45) is 60.4. The molecule has 0 amide bonds.